The fraction of sp³-hybridized carbons (Fsp3) is 0.407. The van der Waals surface area contributed by atoms with Crippen molar-refractivity contribution in [1.82, 2.24) is 0 Å². The van der Waals surface area contributed by atoms with Gasteiger partial charge in [-0.1, -0.05) is 102 Å². The summed E-state index contributed by atoms with van der Waals surface area (Å²) in [6, 6.07) is 14.4. The maximum absolute atomic E-state index is 2.49. The molecule has 2 aromatic carbocycles. The fourth-order valence-electron chi connectivity index (χ4n) is 4.45. The number of allylic oxidation sites excluding steroid dienone is 4. The molecule has 0 heterocycles. The van der Waals surface area contributed by atoms with Crippen molar-refractivity contribution >= 4 is 0 Å². The molecule has 0 amide bonds. The van der Waals surface area contributed by atoms with E-state index in [9.17, 15) is 0 Å². The van der Waals surface area contributed by atoms with Crippen LogP contribution in [0.2, 0.25) is 0 Å². The highest BCUT2D eigenvalue weighted by atomic mass is 14.4. The van der Waals surface area contributed by atoms with Crippen LogP contribution in [0.25, 0.3) is 11.1 Å². The van der Waals surface area contributed by atoms with Gasteiger partial charge in [0.05, 0.1) is 0 Å². The van der Waals surface area contributed by atoms with Crippen molar-refractivity contribution in [2.75, 3.05) is 0 Å². The average molecular weight is 357 g/mol. The van der Waals surface area contributed by atoms with Crippen LogP contribution in [-0.2, 0) is 10.8 Å². The minimum atomic E-state index is 0.179. The molecule has 4 rings (SSSR count). The molecule has 0 atom stereocenters. The highest BCUT2D eigenvalue weighted by Crippen LogP contribution is 2.50. The Hall–Kier alpha value is -2.08. The molecule has 0 heteroatoms. The monoisotopic (exact) mass is 356 g/mol. The number of hydrogen-bond donors (Lipinski definition) is 0. The van der Waals surface area contributed by atoms with Crippen molar-refractivity contribution < 1.29 is 0 Å². The number of fused-ring (bicyclic) bond motifs is 3. The van der Waals surface area contributed by atoms with Crippen LogP contribution in [0.4, 0.5) is 0 Å². The van der Waals surface area contributed by atoms with Gasteiger partial charge in [0.15, 0.2) is 0 Å². The van der Waals surface area contributed by atoms with Crippen molar-refractivity contribution in [3.63, 3.8) is 0 Å². The normalized spacial score (nSPS) is 16.8. The zero-order chi connectivity index (χ0) is 19.4. The highest BCUT2D eigenvalue weighted by Gasteiger charge is 2.32. The lowest BCUT2D eigenvalue weighted by Crippen LogP contribution is -2.13. The van der Waals surface area contributed by atoms with Gasteiger partial charge in [0.2, 0.25) is 0 Å². The molecule has 2 aliphatic rings. The first-order valence-corrected chi connectivity index (χ1v) is 10.3. The maximum atomic E-state index is 2.49. The van der Waals surface area contributed by atoms with E-state index in [1.165, 1.54) is 33.4 Å². The third-order valence-electron chi connectivity index (χ3n) is 6.21. The van der Waals surface area contributed by atoms with E-state index in [0.717, 1.165) is 6.42 Å². The Kier molecular flexibility index (Phi) is 4.22. The first kappa shape index (κ1) is 18.3. The molecule has 0 aromatic heterocycles. The van der Waals surface area contributed by atoms with Gasteiger partial charge in [-0.15, -0.1) is 0 Å². The molecular formula is C27H32. The van der Waals surface area contributed by atoms with E-state index in [1.54, 1.807) is 0 Å². The van der Waals surface area contributed by atoms with Gasteiger partial charge in [0.1, 0.15) is 0 Å². The first-order chi connectivity index (χ1) is 12.6. The van der Waals surface area contributed by atoms with Crippen LogP contribution in [0, 0.1) is 5.92 Å². The third kappa shape index (κ3) is 3.31. The van der Waals surface area contributed by atoms with Gasteiger partial charge in [-0.2, -0.15) is 0 Å². The summed E-state index contributed by atoms with van der Waals surface area (Å²) in [4.78, 5) is 0. The molecule has 27 heavy (non-hydrogen) atoms. The Balaban J connectivity index is 1.85. The van der Waals surface area contributed by atoms with Crippen LogP contribution >= 0.6 is 0 Å². The molecule has 0 aliphatic heterocycles. The third-order valence-corrected chi connectivity index (χ3v) is 6.21. The van der Waals surface area contributed by atoms with E-state index in [0.29, 0.717) is 11.8 Å². The molecule has 2 aliphatic carbocycles. The standard InChI is InChI=1S/C27H32/c1-26(2,3)19-11-13-21-22-14-12-20(27(4,5)6)17-25(22)23(24(21)16-19)15-18-9-7-8-10-18/h7-14,16-18,23H,15H2,1-6H3. The lowest BCUT2D eigenvalue weighted by Gasteiger charge is -2.23. The number of hydrogen-bond acceptors (Lipinski definition) is 0. The summed E-state index contributed by atoms with van der Waals surface area (Å²) in [6.45, 7) is 13.9. The second-order valence-electron chi connectivity index (χ2n) is 10.3. The van der Waals surface area contributed by atoms with E-state index < -0.39 is 0 Å². The predicted molar refractivity (Wildman–Crippen MR) is 118 cm³/mol. The highest BCUT2D eigenvalue weighted by molar-refractivity contribution is 5.80. The Morgan fingerprint density at radius 1 is 0.667 bits per heavy atom. The molecule has 0 unspecified atom stereocenters. The molecule has 0 radical (unpaired) electrons. The molecule has 0 saturated heterocycles. The minimum absolute atomic E-state index is 0.179. The molecule has 0 saturated carbocycles. The van der Waals surface area contributed by atoms with Gasteiger partial charge in [-0.3, -0.25) is 0 Å². The average Bonchev–Trinajstić information content (AvgIpc) is 3.20. The van der Waals surface area contributed by atoms with Crippen LogP contribution in [0.5, 0.6) is 0 Å². The van der Waals surface area contributed by atoms with Gasteiger partial charge >= 0.3 is 0 Å². The van der Waals surface area contributed by atoms with Crippen LogP contribution < -0.4 is 0 Å². The predicted octanol–water partition coefficient (Wildman–Crippen LogP) is 7.53. The zero-order valence-electron chi connectivity index (χ0n) is 17.6. The Morgan fingerprint density at radius 3 is 1.52 bits per heavy atom. The van der Waals surface area contributed by atoms with E-state index in [-0.39, 0.29) is 10.8 Å². The van der Waals surface area contributed by atoms with Crippen molar-refractivity contribution in [3.8, 4) is 11.1 Å². The van der Waals surface area contributed by atoms with Gasteiger partial charge in [-0.05, 0) is 56.5 Å². The van der Waals surface area contributed by atoms with Gasteiger partial charge in [-0.25, -0.2) is 0 Å². The molecule has 0 nitrogen and oxygen atoms in total. The SMILES string of the molecule is CC(C)(C)c1ccc2c(c1)C(CC1C=CC=C1)c1cc(C(C)(C)C)ccc1-2. The molecule has 0 spiro atoms. The number of benzene rings is 2. The lowest BCUT2D eigenvalue weighted by molar-refractivity contribution is 0.583. The van der Waals surface area contributed by atoms with Crippen LogP contribution in [-0.4, -0.2) is 0 Å². The summed E-state index contributed by atoms with van der Waals surface area (Å²) in [5.74, 6) is 1.03. The molecule has 0 bridgehead atoms. The van der Waals surface area contributed by atoms with Crippen LogP contribution in [0.1, 0.15) is 76.1 Å². The van der Waals surface area contributed by atoms with Gasteiger partial charge in [0, 0.05) is 5.92 Å². The fourth-order valence-corrected chi connectivity index (χ4v) is 4.45. The zero-order valence-corrected chi connectivity index (χ0v) is 17.6. The quantitative estimate of drug-likeness (QED) is 0.522. The van der Waals surface area contributed by atoms with E-state index in [4.69, 9.17) is 0 Å². The summed E-state index contributed by atoms with van der Waals surface area (Å²) in [6.07, 6.45) is 10.2. The Labute approximate surface area is 165 Å². The molecule has 140 valence electrons. The summed E-state index contributed by atoms with van der Waals surface area (Å²) >= 11 is 0. The van der Waals surface area contributed by atoms with Crippen molar-refractivity contribution in [3.05, 3.63) is 83.0 Å². The maximum Gasteiger partial charge on any atom is 0.0110 e. The van der Waals surface area contributed by atoms with E-state index in [1.807, 2.05) is 0 Å². The Morgan fingerprint density at radius 2 is 1.11 bits per heavy atom. The summed E-state index contributed by atoms with van der Waals surface area (Å²) in [5, 5.41) is 0. The minimum Gasteiger partial charge on any atom is -0.0776 e. The van der Waals surface area contributed by atoms with E-state index >= 15 is 0 Å². The number of rotatable bonds is 2. The van der Waals surface area contributed by atoms with Crippen molar-refractivity contribution in [2.24, 2.45) is 5.92 Å². The first-order valence-electron chi connectivity index (χ1n) is 10.3. The largest absolute Gasteiger partial charge is 0.0776 e. The topological polar surface area (TPSA) is 0 Å². The van der Waals surface area contributed by atoms with Crippen molar-refractivity contribution in [1.29, 1.82) is 0 Å². The van der Waals surface area contributed by atoms with Gasteiger partial charge < -0.3 is 0 Å². The smallest absolute Gasteiger partial charge is 0.0110 e. The van der Waals surface area contributed by atoms with Crippen LogP contribution in [0.3, 0.4) is 0 Å². The van der Waals surface area contributed by atoms with Gasteiger partial charge in [0.25, 0.3) is 0 Å². The van der Waals surface area contributed by atoms with Crippen LogP contribution in [0.15, 0.2) is 60.7 Å². The molecule has 0 fully saturated rings. The second-order valence-corrected chi connectivity index (χ2v) is 10.3. The summed E-state index contributed by atoms with van der Waals surface area (Å²) in [7, 11) is 0. The summed E-state index contributed by atoms with van der Waals surface area (Å²) in [5.41, 5.74) is 9.16. The lowest BCUT2D eigenvalue weighted by atomic mass is 9.81. The Bertz CT molecular complexity index is 850. The molecule has 2 aromatic rings. The second kappa shape index (κ2) is 6.23. The summed E-state index contributed by atoms with van der Waals surface area (Å²) < 4.78 is 0. The molecule has 0 N–H and O–H groups in total. The van der Waals surface area contributed by atoms with E-state index in [2.05, 4.69) is 102 Å². The van der Waals surface area contributed by atoms with Crippen molar-refractivity contribution in [2.45, 2.75) is 64.7 Å². The molecular weight excluding hydrogens is 324 g/mol.